The van der Waals surface area contributed by atoms with E-state index in [9.17, 15) is 9.59 Å². The van der Waals surface area contributed by atoms with Gasteiger partial charge in [-0.25, -0.2) is 0 Å². The molecule has 0 saturated heterocycles. The first-order valence-electron chi connectivity index (χ1n) is 6.30. The van der Waals surface area contributed by atoms with E-state index in [0.29, 0.717) is 32.0 Å². The zero-order valence-corrected chi connectivity index (χ0v) is 10.6. The Bertz CT molecular complexity index is 264. The lowest BCUT2D eigenvalue weighted by atomic mass is 10.2. The van der Waals surface area contributed by atoms with Crippen molar-refractivity contribution in [2.75, 3.05) is 13.2 Å². The molecule has 5 nitrogen and oxygen atoms in total. The molecule has 0 aliphatic heterocycles. The number of carbonyl (C=O) groups excluding carboxylic acids is 2. The molecule has 2 N–H and O–H groups in total. The lowest BCUT2D eigenvalue weighted by Crippen LogP contribution is -2.34. The zero-order valence-electron chi connectivity index (χ0n) is 10.6. The average molecular weight is 242 g/mol. The highest BCUT2D eigenvalue weighted by atomic mass is 16.5. The van der Waals surface area contributed by atoms with E-state index in [1.54, 1.807) is 6.92 Å². The van der Waals surface area contributed by atoms with E-state index < -0.39 is 0 Å². The molecule has 1 rings (SSSR count). The maximum atomic E-state index is 11.4. The summed E-state index contributed by atoms with van der Waals surface area (Å²) in [6.45, 7) is 4.71. The predicted molar refractivity (Wildman–Crippen MR) is 64.5 cm³/mol. The lowest BCUT2D eigenvalue weighted by molar-refractivity contribution is -0.143. The van der Waals surface area contributed by atoms with Crippen LogP contribution in [0.15, 0.2) is 0 Å². The number of hydrogen-bond donors (Lipinski definition) is 2. The van der Waals surface area contributed by atoms with Crippen molar-refractivity contribution >= 4 is 11.9 Å². The highest BCUT2D eigenvalue weighted by Gasteiger charge is 2.22. The van der Waals surface area contributed by atoms with Crippen LogP contribution in [0.4, 0.5) is 0 Å². The van der Waals surface area contributed by atoms with Gasteiger partial charge >= 0.3 is 5.97 Å². The quantitative estimate of drug-likeness (QED) is 0.611. The third kappa shape index (κ3) is 6.94. The molecule has 0 heterocycles. The fourth-order valence-corrected chi connectivity index (χ4v) is 1.50. The minimum Gasteiger partial charge on any atom is -0.466 e. The van der Waals surface area contributed by atoms with Gasteiger partial charge in [0.05, 0.1) is 13.0 Å². The normalized spacial score (nSPS) is 16.4. The first-order chi connectivity index (χ1) is 8.11. The number of nitrogens with one attached hydrogen (secondary N) is 2. The summed E-state index contributed by atoms with van der Waals surface area (Å²) in [5.41, 5.74) is 0. The maximum Gasteiger partial charge on any atom is 0.307 e. The molecule has 1 aliphatic carbocycles. The second-order valence-corrected chi connectivity index (χ2v) is 4.46. The molecule has 1 atom stereocenters. The molecule has 17 heavy (non-hydrogen) atoms. The van der Waals surface area contributed by atoms with Gasteiger partial charge in [-0.3, -0.25) is 9.59 Å². The summed E-state index contributed by atoms with van der Waals surface area (Å²) in [6, 6.07) is 0.460. The van der Waals surface area contributed by atoms with Crippen molar-refractivity contribution in [1.29, 1.82) is 0 Å². The van der Waals surface area contributed by atoms with Crippen LogP contribution in [0, 0.1) is 0 Å². The first kappa shape index (κ1) is 14.0. The van der Waals surface area contributed by atoms with Gasteiger partial charge in [-0.05, 0) is 26.7 Å². The molecular formula is C12H22N2O3. The van der Waals surface area contributed by atoms with Crippen LogP contribution >= 0.6 is 0 Å². The van der Waals surface area contributed by atoms with E-state index in [0.717, 1.165) is 12.8 Å². The van der Waals surface area contributed by atoms with Gasteiger partial charge in [-0.1, -0.05) is 0 Å². The Morgan fingerprint density at radius 3 is 2.71 bits per heavy atom. The van der Waals surface area contributed by atoms with E-state index in [4.69, 9.17) is 4.74 Å². The third-order valence-electron chi connectivity index (χ3n) is 2.57. The van der Waals surface area contributed by atoms with Crippen LogP contribution in [0.5, 0.6) is 0 Å². The van der Waals surface area contributed by atoms with Gasteiger partial charge in [0.2, 0.25) is 5.91 Å². The standard InChI is InChI=1S/C12H22N2O3/c1-3-17-12(16)8-9(2)13-7-6-11(15)14-10-4-5-10/h9-10,13H,3-8H2,1-2H3,(H,14,15). The van der Waals surface area contributed by atoms with E-state index in [1.165, 1.54) is 0 Å². The van der Waals surface area contributed by atoms with Crippen LogP contribution in [0.2, 0.25) is 0 Å². The van der Waals surface area contributed by atoms with E-state index in [-0.39, 0.29) is 17.9 Å². The van der Waals surface area contributed by atoms with Crippen LogP contribution in [0.25, 0.3) is 0 Å². The molecule has 98 valence electrons. The van der Waals surface area contributed by atoms with Gasteiger partial charge in [-0.15, -0.1) is 0 Å². The number of ether oxygens (including phenoxy) is 1. The monoisotopic (exact) mass is 242 g/mol. The Morgan fingerprint density at radius 2 is 2.12 bits per heavy atom. The lowest BCUT2D eigenvalue weighted by Gasteiger charge is -2.12. The molecule has 1 fully saturated rings. The zero-order chi connectivity index (χ0) is 12.7. The third-order valence-corrected chi connectivity index (χ3v) is 2.57. The molecule has 0 aromatic carbocycles. The van der Waals surface area contributed by atoms with Crippen molar-refractivity contribution in [2.24, 2.45) is 0 Å². The Morgan fingerprint density at radius 1 is 1.41 bits per heavy atom. The van der Waals surface area contributed by atoms with E-state index in [2.05, 4.69) is 10.6 Å². The minimum absolute atomic E-state index is 0.0442. The molecule has 1 saturated carbocycles. The Hall–Kier alpha value is -1.10. The topological polar surface area (TPSA) is 67.4 Å². The molecule has 1 aliphatic rings. The van der Waals surface area contributed by atoms with Gasteiger partial charge in [0.15, 0.2) is 0 Å². The summed E-state index contributed by atoms with van der Waals surface area (Å²) in [5, 5.41) is 6.05. The van der Waals surface area contributed by atoms with Crippen molar-refractivity contribution in [2.45, 2.75) is 51.6 Å². The molecule has 0 aromatic heterocycles. The second kappa shape index (κ2) is 7.27. The molecule has 0 bridgehead atoms. The van der Waals surface area contributed by atoms with Crippen LogP contribution in [-0.2, 0) is 14.3 Å². The van der Waals surface area contributed by atoms with Crippen LogP contribution in [-0.4, -0.2) is 37.1 Å². The smallest absolute Gasteiger partial charge is 0.307 e. The van der Waals surface area contributed by atoms with Crippen molar-refractivity contribution < 1.29 is 14.3 Å². The predicted octanol–water partition coefficient (Wildman–Crippen LogP) is 0.586. The Labute approximate surface area is 102 Å². The van der Waals surface area contributed by atoms with Crippen LogP contribution < -0.4 is 10.6 Å². The summed E-state index contributed by atoms with van der Waals surface area (Å²) in [6.07, 6.45) is 3.03. The van der Waals surface area contributed by atoms with Gasteiger partial charge in [0.25, 0.3) is 0 Å². The van der Waals surface area contributed by atoms with Gasteiger partial charge in [-0.2, -0.15) is 0 Å². The van der Waals surface area contributed by atoms with E-state index >= 15 is 0 Å². The molecular weight excluding hydrogens is 220 g/mol. The summed E-state index contributed by atoms with van der Waals surface area (Å²) < 4.78 is 4.84. The summed E-state index contributed by atoms with van der Waals surface area (Å²) in [7, 11) is 0. The highest BCUT2D eigenvalue weighted by Crippen LogP contribution is 2.18. The fraction of sp³-hybridized carbons (Fsp3) is 0.833. The number of carbonyl (C=O) groups is 2. The van der Waals surface area contributed by atoms with Crippen molar-refractivity contribution in [1.82, 2.24) is 10.6 Å². The molecule has 1 unspecified atom stereocenters. The Balaban J connectivity index is 2.00. The molecule has 1 amide bonds. The fourth-order valence-electron chi connectivity index (χ4n) is 1.50. The van der Waals surface area contributed by atoms with Crippen LogP contribution in [0.3, 0.4) is 0 Å². The number of hydrogen-bond acceptors (Lipinski definition) is 4. The summed E-state index contributed by atoms with van der Waals surface area (Å²) in [5.74, 6) is -0.113. The van der Waals surface area contributed by atoms with E-state index in [1.807, 2.05) is 6.92 Å². The van der Waals surface area contributed by atoms with Gasteiger partial charge in [0.1, 0.15) is 0 Å². The SMILES string of the molecule is CCOC(=O)CC(C)NCCC(=O)NC1CC1. The van der Waals surface area contributed by atoms with Gasteiger partial charge < -0.3 is 15.4 Å². The Kier molecular flexibility index (Phi) is 5.97. The van der Waals surface area contributed by atoms with Gasteiger partial charge in [0, 0.05) is 25.0 Å². The van der Waals surface area contributed by atoms with Crippen molar-refractivity contribution in [3.05, 3.63) is 0 Å². The molecule has 0 aromatic rings. The molecule has 0 radical (unpaired) electrons. The summed E-state index contributed by atoms with van der Waals surface area (Å²) in [4.78, 5) is 22.5. The maximum absolute atomic E-state index is 11.4. The number of amides is 1. The molecule has 0 spiro atoms. The largest absolute Gasteiger partial charge is 0.466 e. The van der Waals surface area contributed by atoms with Crippen LogP contribution in [0.1, 0.15) is 39.5 Å². The highest BCUT2D eigenvalue weighted by molar-refractivity contribution is 5.76. The minimum atomic E-state index is -0.199. The summed E-state index contributed by atoms with van der Waals surface area (Å²) >= 11 is 0. The number of rotatable bonds is 8. The van der Waals surface area contributed by atoms with Crippen molar-refractivity contribution in [3.8, 4) is 0 Å². The van der Waals surface area contributed by atoms with Crippen molar-refractivity contribution in [3.63, 3.8) is 0 Å². The second-order valence-electron chi connectivity index (χ2n) is 4.46. The molecule has 5 heteroatoms. The first-order valence-corrected chi connectivity index (χ1v) is 6.30. The average Bonchev–Trinajstić information content (AvgIpc) is 3.01. The number of esters is 1.